The van der Waals surface area contributed by atoms with Crippen LogP contribution in [0, 0.1) is 13.8 Å². The first-order valence-corrected chi connectivity index (χ1v) is 11.0. The van der Waals surface area contributed by atoms with E-state index in [-0.39, 0.29) is 18.1 Å². The van der Waals surface area contributed by atoms with Crippen LogP contribution in [0.4, 0.5) is 0 Å². The predicted octanol–water partition coefficient (Wildman–Crippen LogP) is 4.81. The zero-order valence-electron chi connectivity index (χ0n) is 18.2. The second-order valence-corrected chi connectivity index (χ2v) is 8.33. The molecular weight excluding hydrogens is 386 g/mol. The molecule has 5 nitrogen and oxygen atoms in total. The predicted molar refractivity (Wildman–Crippen MR) is 122 cm³/mol. The smallest absolute Gasteiger partial charge is 0.317 e. The summed E-state index contributed by atoms with van der Waals surface area (Å²) in [6.45, 7) is 3.90. The van der Waals surface area contributed by atoms with Crippen molar-refractivity contribution in [2.45, 2.75) is 58.1 Å². The first-order valence-electron chi connectivity index (χ1n) is 11.0. The molecule has 0 aliphatic heterocycles. The van der Waals surface area contributed by atoms with Crippen LogP contribution in [0.1, 0.15) is 42.6 Å². The summed E-state index contributed by atoms with van der Waals surface area (Å²) in [6.07, 6.45) is 4.13. The second-order valence-electron chi connectivity index (χ2n) is 8.33. The summed E-state index contributed by atoms with van der Waals surface area (Å²) < 4.78 is 5.98. The number of carbonyl (C=O) groups is 1. The minimum Gasteiger partial charge on any atom is -0.460 e. The average Bonchev–Trinajstić information content (AvgIpc) is 2.75. The van der Waals surface area contributed by atoms with E-state index in [1.165, 1.54) is 5.56 Å². The lowest BCUT2D eigenvalue weighted by Gasteiger charge is -2.29. The third-order valence-corrected chi connectivity index (χ3v) is 5.70. The van der Waals surface area contributed by atoms with Gasteiger partial charge in [-0.05, 0) is 62.3 Å². The zero-order valence-corrected chi connectivity index (χ0v) is 18.2. The van der Waals surface area contributed by atoms with Crippen LogP contribution in [0.15, 0.2) is 60.7 Å². The van der Waals surface area contributed by atoms with E-state index < -0.39 is 0 Å². The highest BCUT2D eigenvalue weighted by Crippen LogP contribution is 2.23. The standard InChI is InChI=1S/C26H29N3O2/c1-18-16-19(2)28-26(27-18)31-24-14-12-23(13-15-24)29-25(30)17-20-8-10-22(11-9-20)21-6-4-3-5-7-21/h3-11,16,23-24H,12-15,17H2,1-2H3,(H,29,30). The molecule has 0 radical (unpaired) electrons. The summed E-state index contributed by atoms with van der Waals surface area (Å²) in [4.78, 5) is 21.3. The molecule has 1 amide bonds. The minimum absolute atomic E-state index is 0.0782. The first-order chi connectivity index (χ1) is 15.0. The molecule has 1 saturated carbocycles. The highest BCUT2D eigenvalue weighted by molar-refractivity contribution is 5.79. The van der Waals surface area contributed by atoms with E-state index >= 15 is 0 Å². The number of hydrogen-bond donors (Lipinski definition) is 1. The number of benzene rings is 2. The highest BCUT2D eigenvalue weighted by Gasteiger charge is 2.24. The lowest BCUT2D eigenvalue weighted by atomic mass is 9.92. The van der Waals surface area contributed by atoms with E-state index in [1.54, 1.807) is 0 Å². The molecule has 0 bridgehead atoms. The summed E-state index contributed by atoms with van der Waals surface area (Å²) >= 11 is 0. The fourth-order valence-electron chi connectivity index (χ4n) is 4.13. The van der Waals surface area contributed by atoms with Gasteiger partial charge < -0.3 is 10.1 Å². The Morgan fingerprint density at radius 2 is 1.52 bits per heavy atom. The maximum atomic E-state index is 12.5. The Bertz CT molecular complexity index is 990. The van der Waals surface area contributed by atoms with E-state index in [1.807, 2.05) is 50.2 Å². The van der Waals surface area contributed by atoms with Crippen LogP contribution in [-0.2, 0) is 11.2 Å². The largest absolute Gasteiger partial charge is 0.460 e. The Kier molecular flexibility index (Phi) is 6.60. The Hall–Kier alpha value is -3.21. The van der Waals surface area contributed by atoms with Crippen LogP contribution in [0.2, 0.25) is 0 Å². The Balaban J connectivity index is 1.23. The molecule has 0 saturated heterocycles. The minimum atomic E-state index is 0.0782. The van der Waals surface area contributed by atoms with Crippen LogP contribution >= 0.6 is 0 Å². The van der Waals surface area contributed by atoms with Gasteiger partial charge in [0.05, 0.1) is 6.42 Å². The summed E-state index contributed by atoms with van der Waals surface area (Å²) in [5, 5.41) is 3.19. The summed E-state index contributed by atoms with van der Waals surface area (Å²) in [6, 6.07) is 21.1. The van der Waals surface area contributed by atoms with Gasteiger partial charge in [-0.25, -0.2) is 9.97 Å². The van der Waals surface area contributed by atoms with Crippen LogP contribution in [0.3, 0.4) is 0 Å². The molecule has 3 aromatic rings. The van der Waals surface area contributed by atoms with E-state index in [0.29, 0.717) is 12.4 Å². The monoisotopic (exact) mass is 415 g/mol. The number of rotatable bonds is 6. The Morgan fingerprint density at radius 3 is 2.16 bits per heavy atom. The maximum Gasteiger partial charge on any atom is 0.317 e. The molecular formula is C26H29N3O2. The quantitative estimate of drug-likeness (QED) is 0.628. The lowest BCUT2D eigenvalue weighted by Crippen LogP contribution is -2.40. The number of carbonyl (C=O) groups excluding carboxylic acids is 1. The van der Waals surface area contributed by atoms with Crippen molar-refractivity contribution in [2.24, 2.45) is 0 Å². The average molecular weight is 416 g/mol. The molecule has 1 aliphatic carbocycles. The van der Waals surface area contributed by atoms with Gasteiger partial charge in [0.1, 0.15) is 6.10 Å². The van der Waals surface area contributed by atoms with E-state index in [9.17, 15) is 4.79 Å². The zero-order chi connectivity index (χ0) is 21.6. The van der Waals surface area contributed by atoms with Gasteiger partial charge in [0.2, 0.25) is 5.91 Å². The molecule has 2 aromatic carbocycles. The molecule has 1 aromatic heterocycles. The van der Waals surface area contributed by atoms with Crippen molar-refractivity contribution in [3.8, 4) is 17.1 Å². The molecule has 0 atom stereocenters. The SMILES string of the molecule is Cc1cc(C)nc(OC2CCC(NC(=O)Cc3ccc(-c4ccccc4)cc3)CC2)n1. The highest BCUT2D eigenvalue weighted by atomic mass is 16.5. The van der Waals surface area contributed by atoms with Gasteiger partial charge >= 0.3 is 6.01 Å². The third kappa shape index (κ3) is 5.91. The van der Waals surface area contributed by atoms with Crippen LogP contribution in [0.25, 0.3) is 11.1 Å². The van der Waals surface area contributed by atoms with Crippen LogP contribution in [-0.4, -0.2) is 28.0 Å². The van der Waals surface area contributed by atoms with Gasteiger partial charge in [-0.15, -0.1) is 0 Å². The number of amides is 1. The number of hydrogen-bond acceptors (Lipinski definition) is 4. The topological polar surface area (TPSA) is 64.1 Å². The molecule has 5 heteroatoms. The Morgan fingerprint density at radius 1 is 0.903 bits per heavy atom. The molecule has 1 fully saturated rings. The fraction of sp³-hybridized carbons (Fsp3) is 0.346. The van der Waals surface area contributed by atoms with E-state index in [4.69, 9.17) is 4.74 Å². The van der Waals surface area contributed by atoms with Gasteiger partial charge in [0.25, 0.3) is 0 Å². The van der Waals surface area contributed by atoms with Crippen molar-refractivity contribution in [1.82, 2.24) is 15.3 Å². The number of nitrogens with zero attached hydrogens (tertiary/aromatic N) is 2. The normalized spacial score (nSPS) is 18.4. The second kappa shape index (κ2) is 9.73. The summed E-state index contributed by atoms with van der Waals surface area (Å²) in [5.74, 6) is 0.0782. The van der Waals surface area contributed by atoms with E-state index in [0.717, 1.165) is 48.2 Å². The molecule has 0 spiro atoms. The van der Waals surface area contributed by atoms with Crippen molar-refractivity contribution < 1.29 is 9.53 Å². The summed E-state index contributed by atoms with van der Waals surface area (Å²) in [7, 11) is 0. The molecule has 160 valence electrons. The van der Waals surface area contributed by atoms with E-state index in [2.05, 4.69) is 39.6 Å². The molecule has 0 unspecified atom stereocenters. The van der Waals surface area contributed by atoms with Crippen LogP contribution in [0.5, 0.6) is 6.01 Å². The molecule has 1 N–H and O–H groups in total. The molecule has 4 rings (SSSR count). The van der Waals surface area contributed by atoms with Crippen molar-refractivity contribution >= 4 is 5.91 Å². The fourth-order valence-corrected chi connectivity index (χ4v) is 4.13. The van der Waals surface area contributed by atoms with Gasteiger partial charge in [-0.3, -0.25) is 4.79 Å². The number of aryl methyl sites for hydroxylation is 2. The first kappa shape index (κ1) is 21.0. The third-order valence-electron chi connectivity index (χ3n) is 5.70. The number of ether oxygens (including phenoxy) is 1. The van der Waals surface area contributed by atoms with Gasteiger partial charge in [-0.2, -0.15) is 0 Å². The lowest BCUT2D eigenvalue weighted by molar-refractivity contribution is -0.121. The van der Waals surface area contributed by atoms with Crippen molar-refractivity contribution in [1.29, 1.82) is 0 Å². The molecule has 1 aliphatic rings. The van der Waals surface area contributed by atoms with Crippen molar-refractivity contribution in [3.63, 3.8) is 0 Å². The number of aromatic nitrogens is 2. The van der Waals surface area contributed by atoms with Crippen molar-refractivity contribution in [3.05, 3.63) is 77.6 Å². The molecule has 1 heterocycles. The van der Waals surface area contributed by atoms with Crippen molar-refractivity contribution in [2.75, 3.05) is 0 Å². The van der Waals surface area contributed by atoms with Gasteiger partial charge in [0.15, 0.2) is 0 Å². The maximum absolute atomic E-state index is 12.5. The molecule has 31 heavy (non-hydrogen) atoms. The summed E-state index contributed by atoms with van der Waals surface area (Å²) in [5.41, 5.74) is 5.21. The van der Waals surface area contributed by atoms with Gasteiger partial charge in [-0.1, -0.05) is 54.6 Å². The van der Waals surface area contributed by atoms with Crippen LogP contribution < -0.4 is 10.1 Å². The Labute approximate surface area is 183 Å². The number of nitrogens with one attached hydrogen (secondary N) is 1. The van der Waals surface area contributed by atoms with Gasteiger partial charge in [0, 0.05) is 17.4 Å².